The number of nitrogens with zero attached hydrogens (tertiary/aromatic N) is 3. The number of hydrogen-bond donors (Lipinski definition) is 1. The van der Waals surface area contributed by atoms with E-state index in [0.29, 0.717) is 23.3 Å². The van der Waals surface area contributed by atoms with Crippen LogP contribution in [0.3, 0.4) is 0 Å². The average Bonchev–Trinajstić information content (AvgIpc) is 3.37. The van der Waals surface area contributed by atoms with E-state index in [1.165, 1.54) is 5.56 Å². The van der Waals surface area contributed by atoms with Crippen molar-refractivity contribution in [2.75, 3.05) is 0 Å². The summed E-state index contributed by atoms with van der Waals surface area (Å²) in [5.74, 6) is 0.803. The van der Waals surface area contributed by atoms with E-state index in [4.69, 9.17) is 21.1 Å². The Bertz CT molecular complexity index is 1440. The zero-order valence-corrected chi connectivity index (χ0v) is 21.2. The molecule has 1 unspecified atom stereocenters. The summed E-state index contributed by atoms with van der Waals surface area (Å²) in [6, 6.07) is 23.1. The van der Waals surface area contributed by atoms with Gasteiger partial charge in [-0.25, -0.2) is 4.79 Å². The Hall–Kier alpha value is -3.90. The molecule has 7 heteroatoms. The van der Waals surface area contributed by atoms with Crippen LogP contribution in [0.4, 0.5) is 4.79 Å². The standard InChI is InChI=1S/C29H27ClN4O2/c1-4-20-12-14-21(15-13-20)26-25(28-32-27(33-36-28)22-10-7-11-24(30)16-22)19(3)34(29(35)31-26)17-23-9-6-5-8-18(23)2/h5-16,26H,4,17H2,1-3H3,(H,31,35). The maximum atomic E-state index is 13.4. The van der Waals surface area contributed by atoms with Crippen molar-refractivity contribution in [2.45, 2.75) is 39.8 Å². The van der Waals surface area contributed by atoms with Gasteiger partial charge in [-0.1, -0.05) is 84.3 Å². The number of nitrogens with one attached hydrogen (secondary N) is 1. The van der Waals surface area contributed by atoms with E-state index >= 15 is 0 Å². The van der Waals surface area contributed by atoms with Gasteiger partial charge in [0.15, 0.2) is 0 Å². The Kier molecular flexibility index (Phi) is 6.61. The topological polar surface area (TPSA) is 71.3 Å². The molecule has 3 aromatic carbocycles. The summed E-state index contributed by atoms with van der Waals surface area (Å²) in [5, 5.41) is 8.00. The Morgan fingerprint density at radius 3 is 2.53 bits per heavy atom. The number of carbonyl (C=O) groups excluding carboxylic acids is 1. The molecule has 36 heavy (non-hydrogen) atoms. The average molecular weight is 499 g/mol. The van der Waals surface area contributed by atoms with Gasteiger partial charge in [0.2, 0.25) is 5.82 Å². The van der Waals surface area contributed by atoms with Gasteiger partial charge in [-0.2, -0.15) is 4.98 Å². The second-order valence-corrected chi connectivity index (χ2v) is 9.36. The molecule has 0 bridgehead atoms. The van der Waals surface area contributed by atoms with Gasteiger partial charge in [0.25, 0.3) is 5.89 Å². The quantitative estimate of drug-likeness (QED) is 0.312. The van der Waals surface area contributed by atoms with Gasteiger partial charge in [-0.3, -0.25) is 4.90 Å². The molecule has 2 heterocycles. The number of aromatic nitrogens is 2. The number of amides is 2. The first-order valence-electron chi connectivity index (χ1n) is 12.0. The molecule has 1 aliphatic heterocycles. The molecule has 2 amide bonds. The first kappa shape index (κ1) is 23.8. The molecule has 1 atom stereocenters. The highest BCUT2D eigenvalue weighted by Gasteiger charge is 2.36. The van der Waals surface area contributed by atoms with Crippen molar-refractivity contribution < 1.29 is 9.32 Å². The summed E-state index contributed by atoms with van der Waals surface area (Å²) in [6.45, 7) is 6.53. The Labute approximate surface area is 215 Å². The molecule has 1 aliphatic rings. The third-order valence-electron chi connectivity index (χ3n) is 6.65. The maximum Gasteiger partial charge on any atom is 0.322 e. The van der Waals surface area contributed by atoms with E-state index in [0.717, 1.165) is 39.9 Å². The fourth-order valence-corrected chi connectivity index (χ4v) is 4.67. The minimum atomic E-state index is -0.427. The normalized spacial score (nSPS) is 15.8. The highest BCUT2D eigenvalue weighted by Crippen LogP contribution is 2.38. The summed E-state index contributed by atoms with van der Waals surface area (Å²) in [6.07, 6.45) is 0.940. The minimum absolute atomic E-state index is 0.168. The Morgan fingerprint density at radius 1 is 1.03 bits per heavy atom. The van der Waals surface area contributed by atoms with Crippen molar-refractivity contribution in [2.24, 2.45) is 0 Å². The van der Waals surface area contributed by atoms with Crippen LogP contribution in [0.5, 0.6) is 0 Å². The van der Waals surface area contributed by atoms with Crippen LogP contribution < -0.4 is 5.32 Å². The molecule has 182 valence electrons. The molecule has 0 fully saturated rings. The zero-order chi connectivity index (χ0) is 25.2. The highest BCUT2D eigenvalue weighted by atomic mass is 35.5. The molecular formula is C29H27ClN4O2. The van der Waals surface area contributed by atoms with Gasteiger partial charge in [0.05, 0.1) is 18.2 Å². The number of benzene rings is 3. The van der Waals surface area contributed by atoms with Crippen LogP contribution in [0, 0.1) is 6.92 Å². The SMILES string of the molecule is CCc1ccc(C2NC(=O)N(Cc3ccccc3C)C(C)=C2c2nc(-c3cccc(Cl)c3)no2)cc1. The molecule has 1 aromatic heterocycles. The van der Waals surface area contributed by atoms with E-state index in [-0.39, 0.29) is 6.03 Å². The van der Waals surface area contributed by atoms with Gasteiger partial charge in [0, 0.05) is 16.3 Å². The maximum absolute atomic E-state index is 13.4. The van der Waals surface area contributed by atoms with E-state index in [9.17, 15) is 4.79 Å². The molecule has 0 saturated carbocycles. The minimum Gasteiger partial charge on any atom is -0.334 e. The first-order chi connectivity index (χ1) is 17.4. The number of hydrogen-bond acceptors (Lipinski definition) is 4. The lowest BCUT2D eigenvalue weighted by Gasteiger charge is -2.35. The van der Waals surface area contributed by atoms with Crippen LogP contribution in [-0.4, -0.2) is 21.1 Å². The lowest BCUT2D eigenvalue weighted by Crippen LogP contribution is -2.45. The number of urea groups is 1. The first-order valence-corrected chi connectivity index (χ1v) is 12.3. The number of carbonyl (C=O) groups is 1. The number of halogens is 1. The summed E-state index contributed by atoms with van der Waals surface area (Å²) >= 11 is 6.18. The predicted octanol–water partition coefficient (Wildman–Crippen LogP) is 6.96. The monoisotopic (exact) mass is 498 g/mol. The molecule has 1 N–H and O–H groups in total. The van der Waals surface area contributed by atoms with Crippen molar-refractivity contribution in [3.05, 3.63) is 112 Å². The largest absolute Gasteiger partial charge is 0.334 e. The van der Waals surface area contributed by atoms with Crippen molar-refractivity contribution in [1.82, 2.24) is 20.4 Å². The summed E-state index contributed by atoms with van der Waals surface area (Å²) in [7, 11) is 0. The van der Waals surface area contributed by atoms with E-state index in [1.807, 2.05) is 62.4 Å². The molecular weight excluding hydrogens is 472 g/mol. The van der Waals surface area contributed by atoms with Gasteiger partial charge in [0.1, 0.15) is 0 Å². The number of aryl methyl sites for hydroxylation is 2. The molecule has 5 rings (SSSR count). The molecule has 0 saturated heterocycles. The highest BCUT2D eigenvalue weighted by molar-refractivity contribution is 6.30. The predicted molar refractivity (Wildman–Crippen MR) is 141 cm³/mol. The number of rotatable bonds is 6. The van der Waals surface area contributed by atoms with Gasteiger partial charge < -0.3 is 9.84 Å². The van der Waals surface area contributed by atoms with Crippen molar-refractivity contribution in [3.63, 3.8) is 0 Å². The second-order valence-electron chi connectivity index (χ2n) is 8.92. The summed E-state index contributed by atoms with van der Waals surface area (Å²) < 4.78 is 5.78. The summed E-state index contributed by atoms with van der Waals surface area (Å²) in [4.78, 5) is 19.8. The van der Waals surface area contributed by atoms with Crippen molar-refractivity contribution in [3.8, 4) is 11.4 Å². The van der Waals surface area contributed by atoms with E-state index in [1.54, 1.807) is 17.0 Å². The molecule has 0 spiro atoms. The lowest BCUT2D eigenvalue weighted by molar-refractivity contribution is 0.203. The third kappa shape index (κ3) is 4.64. The van der Waals surface area contributed by atoms with E-state index < -0.39 is 6.04 Å². The molecule has 0 radical (unpaired) electrons. The van der Waals surface area contributed by atoms with Crippen LogP contribution in [-0.2, 0) is 13.0 Å². The fourth-order valence-electron chi connectivity index (χ4n) is 4.48. The smallest absolute Gasteiger partial charge is 0.322 e. The van der Waals surface area contributed by atoms with Crippen LogP contribution in [0.25, 0.3) is 17.0 Å². The van der Waals surface area contributed by atoms with Crippen LogP contribution in [0.1, 0.15) is 48.0 Å². The Balaban J connectivity index is 1.60. The lowest BCUT2D eigenvalue weighted by atomic mass is 9.93. The zero-order valence-electron chi connectivity index (χ0n) is 20.5. The van der Waals surface area contributed by atoms with Crippen LogP contribution in [0.15, 0.2) is 83.0 Å². The number of allylic oxidation sites excluding steroid dienone is 1. The molecule has 4 aromatic rings. The fraction of sp³-hybridized carbons (Fsp3) is 0.207. The van der Waals surface area contributed by atoms with E-state index in [2.05, 4.69) is 29.5 Å². The van der Waals surface area contributed by atoms with Gasteiger partial charge in [-0.15, -0.1) is 0 Å². The van der Waals surface area contributed by atoms with Crippen LogP contribution >= 0.6 is 11.6 Å². The molecule has 0 aliphatic carbocycles. The Morgan fingerprint density at radius 2 is 1.81 bits per heavy atom. The van der Waals surface area contributed by atoms with Crippen molar-refractivity contribution >= 4 is 23.2 Å². The van der Waals surface area contributed by atoms with Gasteiger partial charge in [-0.05, 0) is 54.7 Å². The third-order valence-corrected chi connectivity index (χ3v) is 6.88. The summed E-state index contributed by atoms with van der Waals surface area (Å²) in [5.41, 5.74) is 6.68. The molecule has 6 nitrogen and oxygen atoms in total. The second kappa shape index (κ2) is 9.99. The van der Waals surface area contributed by atoms with Crippen molar-refractivity contribution in [1.29, 1.82) is 0 Å². The van der Waals surface area contributed by atoms with Crippen LogP contribution in [0.2, 0.25) is 5.02 Å². The van der Waals surface area contributed by atoms with Gasteiger partial charge >= 0.3 is 6.03 Å².